The highest BCUT2D eigenvalue weighted by molar-refractivity contribution is 5.88. The second-order valence-corrected chi connectivity index (χ2v) is 3.28. The van der Waals surface area contributed by atoms with Gasteiger partial charge in [-0.1, -0.05) is 0 Å². The summed E-state index contributed by atoms with van der Waals surface area (Å²) in [5.74, 6) is 0.234. The summed E-state index contributed by atoms with van der Waals surface area (Å²) in [7, 11) is 1.57. The number of rotatable bonds is 4. The molecule has 0 atom stereocenters. The third kappa shape index (κ3) is 2.84. The fraction of sp³-hybridized carbons (Fsp3) is 0.167. The predicted molar refractivity (Wildman–Crippen MR) is 58.6 cm³/mol. The van der Waals surface area contributed by atoms with Crippen molar-refractivity contribution in [1.82, 2.24) is 4.98 Å². The van der Waals surface area contributed by atoms with Crippen LogP contribution < -0.4 is 4.74 Å². The number of aromatic nitrogens is 1. The summed E-state index contributed by atoms with van der Waals surface area (Å²) in [6, 6.07) is 4.98. The van der Waals surface area contributed by atoms with E-state index >= 15 is 0 Å². The Bertz CT molecular complexity index is 493. The molecule has 0 bridgehead atoms. The van der Waals surface area contributed by atoms with Gasteiger partial charge in [0.15, 0.2) is 0 Å². The van der Waals surface area contributed by atoms with Crippen LogP contribution in [0.2, 0.25) is 0 Å². The van der Waals surface area contributed by atoms with Gasteiger partial charge in [-0.3, -0.25) is 4.98 Å². The van der Waals surface area contributed by atoms with E-state index in [9.17, 15) is 4.79 Å². The Kier molecular flexibility index (Phi) is 3.40. The summed E-state index contributed by atoms with van der Waals surface area (Å²) in [6.07, 6.45) is 4.35. The number of furan rings is 1. The zero-order chi connectivity index (χ0) is 12.1. The quantitative estimate of drug-likeness (QED) is 0.756. The number of hydrogen-bond donors (Lipinski definition) is 0. The molecular formula is C12H11NO4. The van der Waals surface area contributed by atoms with Gasteiger partial charge in [0.1, 0.15) is 18.6 Å². The second-order valence-electron chi connectivity index (χ2n) is 3.28. The Labute approximate surface area is 98.0 Å². The molecule has 2 rings (SSSR count). The van der Waals surface area contributed by atoms with Crippen molar-refractivity contribution in [3.05, 3.63) is 48.2 Å². The molecular weight excluding hydrogens is 222 g/mol. The van der Waals surface area contributed by atoms with Crippen LogP contribution >= 0.6 is 0 Å². The highest BCUT2D eigenvalue weighted by Crippen LogP contribution is 2.11. The summed E-state index contributed by atoms with van der Waals surface area (Å²) in [5, 5.41) is 0. The third-order valence-electron chi connectivity index (χ3n) is 2.13. The number of pyridine rings is 1. The van der Waals surface area contributed by atoms with E-state index in [0.29, 0.717) is 17.0 Å². The van der Waals surface area contributed by atoms with Crippen molar-refractivity contribution in [3.8, 4) is 5.75 Å². The first kappa shape index (κ1) is 11.2. The van der Waals surface area contributed by atoms with E-state index in [0.717, 1.165) is 0 Å². The number of carbonyl (C=O) groups is 1. The molecule has 0 aliphatic heterocycles. The first-order valence-electron chi connectivity index (χ1n) is 4.98. The molecule has 0 amide bonds. The molecule has 0 aliphatic rings. The topological polar surface area (TPSA) is 61.6 Å². The van der Waals surface area contributed by atoms with Crippen molar-refractivity contribution in [2.24, 2.45) is 0 Å². The van der Waals surface area contributed by atoms with Gasteiger partial charge in [0.2, 0.25) is 0 Å². The van der Waals surface area contributed by atoms with Gasteiger partial charge in [0, 0.05) is 12.3 Å². The summed E-state index contributed by atoms with van der Waals surface area (Å²) < 4.78 is 14.9. The first-order valence-corrected chi connectivity index (χ1v) is 4.98. The van der Waals surface area contributed by atoms with Gasteiger partial charge in [-0.2, -0.15) is 0 Å². The highest BCUT2D eigenvalue weighted by atomic mass is 16.5. The van der Waals surface area contributed by atoms with Crippen LogP contribution in [0, 0.1) is 0 Å². The molecule has 0 unspecified atom stereocenters. The molecule has 0 saturated heterocycles. The standard InChI is InChI=1S/C12H11NO4/c1-15-11-2-4-13-10(6-11)8-17-12(14)9-3-5-16-7-9/h2-7H,8H2,1H3. The molecule has 5 heteroatoms. The van der Waals surface area contributed by atoms with E-state index in [2.05, 4.69) is 4.98 Å². The lowest BCUT2D eigenvalue weighted by atomic mass is 10.3. The van der Waals surface area contributed by atoms with Gasteiger partial charge in [0.05, 0.1) is 24.6 Å². The van der Waals surface area contributed by atoms with E-state index in [4.69, 9.17) is 13.9 Å². The van der Waals surface area contributed by atoms with E-state index in [-0.39, 0.29) is 6.61 Å². The minimum Gasteiger partial charge on any atom is -0.497 e. The number of carbonyl (C=O) groups excluding carboxylic acids is 1. The average Bonchev–Trinajstić information content (AvgIpc) is 2.90. The Morgan fingerprint density at radius 3 is 3.06 bits per heavy atom. The van der Waals surface area contributed by atoms with Crippen molar-refractivity contribution in [3.63, 3.8) is 0 Å². The van der Waals surface area contributed by atoms with Crippen LogP contribution in [-0.4, -0.2) is 18.1 Å². The van der Waals surface area contributed by atoms with Gasteiger partial charge in [-0.15, -0.1) is 0 Å². The van der Waals surface area contributed by atoms with Crippen molar-refractivity contribution < 1.29 is 18.7 Å². The molecule has 17 heavy (non-hydrogen) atoms. The monoisotopic (exact) mass is 233 g/mol. The van der Waals surface area contributed by atoms with E-state index < -0.39 is 5.97 Å². The molecule has 2 aromatic rings. The second kappa shape index (κ2) is 5.16. The predicted octanol–water partition coefficient (Wildman–Crippen LogP) is 2.04. The maximum absolute atomic E-state index is 11.5. The maximum Gasteiger partial charge on any atom is 0.341 e. The molecule has 2 heterocycles. The van der Waals surface area contributed by atoms with Crippen molar-refractivity contribution >= 4 is 5.97 Å². The maximum atomic E-state index is 11.5. The van der Waals surface area contributed by atoms with Gasteiger partial charge >= 0.3 is 5.97 Å². The van der Waals surface area contributed by atoms with Gasteiger partial charge < -0.3 is 13.9 Å². The fourth-order valence-corrected chi connectivity index (χ4v) is 1.27. The average molecular weight is 233 g/mol. The lowest BCUT2D eigenvalue weighted by Gasteiger charge is -2.04. The van der Waals surface area contributed by atoms with Gasteiger partial charge in [0.25, 0.3) is 0 Å². The Hall–Kier alpha value is -2.30. The number of ether oxygens (including phenoxy) is 2. The van der Waals surface area contributed by atoms with Crippen LogP contribution in [0.15, 0.2) is 41.3 Å². The van der Waals surface area contributed by atoms with Crippen LogP contribution in [0.4, 0.5) is 0 Å². The Morgan fingerprint density at radius 1 is 1.47 bits per heavy atom. The summed E-state index contributed by atoms with van der Waals surface area (Å²) in [4.78, 5) is 15.6. The smallest absolute Gasteiger partial charge is 0.341 e. The number of hydrogen-bond acceptors (Lipinski definition) is 5. The summed E-state index contributed by atoms with van der Waals surface area (Å²) in [6.45, 7) is 0.0984. The molecule has 0 fully saturated rings. The molecule has 0 N–H and O–H groups in total. The fourth-order valence-electron chi connectivity index (χ4n) is 1.27. The molecule has 0 aliphatic carbocycles. The summed E-state index contributed by atoms with van der Waals surface area (Å²) >= 11 is 0. The van der Waals surface area contributed by atoms with E-state index in [1.54, 1.807) is 31.5 Å². The minimum absolute atomic E-state index is 0.0984. The molecule has 0 aromatic carbocycles. The van der Waals surface area contributed by atoms with Crippen LogP contribution in [0.1, 0.15) is 16.1 Å². The molecule has 5 nitrogen and oxygen atoms in total. The Balaban J connectivity index is 1.95. The van der Waals surface area contributed by atoms with E-state index in [1.807, 2.05) is 0 Å². The SMILES string of the molecule is COc1ccnc(COC(=O)c2ccoc2)c1. The lowest BCUT2D eigenvalue weighted by molar-refractivity contribution is 0.0466. The number of nitrogens with zero attached hydrogens (tertiary/aromatic N) is 1. The highest BCUT2D eigenvalue weighted by Gasteiger charge is 2.09. The van der Waals surface area contributed by atoms with Crippen LogP contribution in [0.5, 0.6) is 5.75 Å². The van der Waals surface area contributed by atoms with Crippen molar-refractivity contribution in [2.75, 3.05) is 7.11 Å². The normalized spacial score (nSPS) is 9.94. The molecule has 88 valence electrons. The zero-order valence-electron chi connectivity index (χ0n) is 9.25. The van der Waals surface area contributed by atoms with Crippen LogP contribution in [-0.2, 0) is 11.3 Å². The molecule has 2 aromatic heterocycles. The Morgan fingerprint density at radius 2 is 2.35 bits per heavy atom. The van der Waals surface area contributed by atoms with Crippen molar-refractivity contribution in [1.29, 1.82) is 0 Å². The molecule has 0 spiro atoms. The van der Waals surface area contributed by atoms with Crippen LogP contribution in [0.3, 0.4) is 0 Å². The minimum atomic E-state index is -0.441. The van der Waals surface area contributed by atoms with Gasteiger partial charge in [-0.25, -0.2) is 4.79 Å². The largest absolute Gasteiger partial charge is 0.497 e. The first-order chi connectivity index (χ1) is 8.29. The van der Waals surface area contributed by atoms with Crippen molar-refractivity contribution in [2.45, 2.75) is 6.61 Å². The van der Waals surface area contributed by atoms with Crippen LogP contribution in [0.25, 0.3) is 0 Å². The third-order valence-corrected chi connectivity index (χ3v) is 2.13. The zero-order valence-corrected chi connectivity index (χ0v) is 9.25. The molecule has 0 radical (unpaired) electrons. The lowest BCUT2D eigenvalue weighted by Crippen LogP contribution is -2.05. The molecule has 0 saturated carbocycles. The van der Waals surface area contributed by atoms with E-state index in [1.165, 1.54) is 12.5 Å². The number of methoxy groups -OCH3 is 1. The summed E-state index contributed by atoms with van der Waals surface area (Å²) in [5.41, 5.74) is 1.01. The number of esters is 1. The van der Waals surface area contributed by atoms with Gasteiger partial charge in [-0.05, 0) is 12.1 Å².